The molecule has 0 aromatic heterocycles. The van der Waals surface area contributed by atoms with Crippen LogP contribution in [0.2, 0.25) is 5.02 Å². The number of hydrogen-bond acceptors (Lipinski definition) is 3. The molecule has 2 aromatic carbocycles. The molecule has 2 aromatic rings. The summed E-state index contributed by atoms with van der Waals surface area (Å²) in [5.74, 6) is 0.859. The highest BCUT2D eigenvalue weighted by Crippen LogP contribution is 2.14. The van der Waals surface area contributed by atoms with E-state index in [1.54, 1.807) is 48.5 Å². The Morgan fingerprint density at radius 2 is 1.73 bits per heavy atom. The molecule has 3 nitrogen and oxygen atoms in total. The highest BCUT2D eigenvalue weighted by atomic mass is 35.5. The van der Waals surface area contributed by atoms with E-state index in [1.165, 1.54) is 0 Å². The van der Waals surface area contributed by atoms with E-state index in [4.69, 9.17) is 21.6 Å². The van der Waals surface area contributed by atoms with Crippen LogP contribution >= 0.6 is 11.6 Å². The van der Waals surface area contributed by atoms with Crippen molar-refractivity contribution in [2.24, 2.45) is 0 Å². The van der Waals surface area contributed by atoms with Crippen LogP contribution in [0.4, 0.5) is 0 Å². The Balaban J connectivity index is 1.67. The third-order valence-corrected chi connectivity index (χ3v) is 3.47. The van der Waals surface area contributed by atoms with Gasteiger partial charge in [-0.3, -0.25) is 4.79 Å². The van der Waals surface area contributed by atoms with Gasteiger partial charge in [0.1, 0.15) is 5.75 Å². The summed E-state index contributed by atoms with van der Waals surface area (Å²) in [5, 5.41) is 9.34. The number of rotatable bonds is 7. The molecule has 2 rings (SSSR count). The largest absolute Gasteiger partial charge is 0.494 e. The standard InChI is InChI=1S/C18H16ClNO2/c19-16-8-6-15(7-9-16)18(21)3-1-2-12-22-17-10-4-14(13-20)5-11-17/h4-11H,1-3,12H2. The predicted octanol–water partition coefficient (Wildman–Crippen LogP) is 4.64. The van der Waals surface area contributed by atoms with Gasteiger partial charge in [-0.25, -0.2) is 0 Å². The zero-order valence-electron chi connectivity index (χ0n) is 12.1. The molecule has 0 bridgehead atoms. The second-order valence-electron chi connectivity index (χ2n) is 4.87. The fourth-order valence-electron chi connectivity index (χ4n) is 1.98. The number of carbonyl (C=O) groups excluding carboxylic acids is 1. The quantitative estimate of drug-likeness (QED) is 0.552. The lowest BCUT2D eigenvalue weighted by atomic mass is 10.1. The molecule has 0 atom stereocenters. The van der Waals surface area contributed by atoms with E-state index >= 15 is 0 Å². The number of ketones is 1. The summed E-state index contributed by atoms with van der Waals surface area (Å²) in [5.41, 5.74) is 1.30. The summed E-state index contributed by atoms with van der Waals surface area (Å²) >= 11 is 5.79. The Labute approximate surface area is 135 Å². The van der Waals surface area contributed by atoms with Crippen LogP contribution in [0.5, 0.6) is 5.75 Å². The zero-order chi connectivity index (χ0) is 15.8. The smallest absolute Gasteiger partial charge is 0.162 e. The minimum Gasteiger partial charge on any atom is -0.494 e. The van der Waals surface area contributed by atoms with E-state index in [-0.39, 0.29) is 5.78 Å². The highest BCUT2D eigenvalue weighted by molar-refractivity contribution is 6.30. The van der Waals surface area contributed by atoms with Gasteiger partial charge in [0.25, 0.3) is 0 Å². The summed E-state index contributed by atoms with van der Waals surface area (Å²) in [4.78, 5) is 11.9. The van der Waals surface area contributed by atoms with Crippen LogP contribution in [0.25, 0.3) is 0 Å². The zero-order valence-corrected chi connectivity index (χ0v) is 12.8. The number of benzene rings is 2. The van der Waals surface area contributed by atoms with E-state index < -0.39 is 0 Å². The van der Waals surface area contributed by atoms with E-state index in [0.717, 1.165) is 18.6 Å². The third-order valence-electron chi connectivity index (χ3n) is 3.22. The van der Waals surface area contributed by atoms with E-state index in [2.05, 4.69) is 6.07 Å². The molecular weight excluding hydrogens is 298 g/mol. The molecule has 0 saturated carbocycles. The molecule has 0 unspecified atom stereocenters. The maximum Gasteiger partial charge on any atom is 0.162 e. The van der Waals surface area contributed by atoms with Gasteiger partial charge in [-0.1, -0.05) is 11.6 Å². The lowest BCUT2D eigenvalue weighted by molar-refractivity contribution is 0.0978. The van der Waals surface area contributed by atoms with Gasteiger partial charge >= 0.3 is 0 Å². The molecule has 0 aliphatic heterocycles. The summed E-state index contributed by atoms with van der Waals surface area (Å²) in [6, 6.07) is 16.0. The van der Waals surface area contributed by atoms with Gasteiger partial charge < -0.3 is 4.74 Å². The first-order valence-electron chi connectivity index (χ1n) is 7.11. The van der Waals surface area contributed by atoms with Crippen molar-refractivity contribution < 1.29 is 9.53 Å². The lowest BCUT2D eigenvalue weighted by Gasteiger charge is -2.06. The van der Waals surface area contributed by atoms with E-state index in [1.807, 2.05) is 0 Å². The average Bonchev–Trinajstić information content (AvgIpc) is 2.55. The molecule has 0 fully saturated rings. The Hall–Kier alpha value is -2.31. The van der Waals surface area contributed by atoms with Gasteiger partial charge in [-0.2, -0.15) is 5.26 Å². The van der Waals surface area contributed by atoms with Crippen molar-refractivity contribution >= 4 is 17.4 Å². The summed E-state index contributed by atoms with van der Waals surface area (Å²) in [6.07, 6.45) is 2.08. The molecule has 0 saturated heterocycles. The monoisotopic (exact) mass is 313 g/mol. The van der Waals surface area contributed by atoms with Crippen molar-refractivity contribution in [3.8, 4) is 11.8 Å². The Bertz CT molecular complexity index is 657. The molecule has 112 valence electrons. The van der Waals surface area contributed by atoms with Gasteiger partial charge in [0, 0.05) is 17.0 Å². The predicted molar refractivity (Wildman–Crippen MR) is 86.3 cm³/mol. The van der Waals surface area contributed by atoms with Crippen molar-refractivity contribution in [2.45, 2.75) is 19.3 Å². The van der Waals surface area contributed by atoms with E-state index in [9.17, 15) is 4.79 Å². The van der Waals surface area contributed by atoms with Gasteiger partial charge in [0.15, 0.2) is 5.78 Å². The van der Waals surface area contributed by atoms with Crippen LogP contribution in [0, 0.1) is 11.3 Å². The molecule has 22 heavy (non-hydrogen) atoms. The van der Waals surface area contributed by atoms with Gasteiger partial charge in [0.2, 0.25) is 0 Å². The highest BCUT2D eigenvalue weighted by Gasteiger charge is 2.05. The maximum atomic E-state index is 11.9. The third kappa shape index (κ3) is 4.91. The molecule has 0 aliphatic carbocycles. The number of nitriles is 1. The number of ether oxygens (including phenoxy) is 1. The number of Topliss-reactive ketones (excluding diaryl/α,β-unsaturated/α-hetero) is 1. The van der Waals surface area contributed by atoms with Gasteiger partial charge in [-0.05, 0) is 61.4 Å². The Kier molecular flexibility index (Phi) is 6.00. The number of hydrogen-bond donors (Lipinski definition) is 0. The summed E-state index contributed by atoms with van der Waals surface area (Å²) in [6.45, 7) is 0.555. The SMILES string of the molecule is N#Cc1ccc(OCCCCC(=O)c2ccc(Cl)cc2)cc1. The molecule has 0 spiro atoms. The van der Waals surface area contributed by atoms with Crippen molar-refractivity contribution in [3.05, 3.63) is 64.7 Å². The van der Waals surface area contributed by atoms with Crippen molar-refractivity contribution in [1.29, 1.82) is 5.26 Å². The minimum absolute atomic E-state index is 0.120. The topological polar surface area (TPSA) is 50.1 Å². The molecule has 0 radical (unpaired) electrons. The first kappa shape index (κ1) is 16.1. The molecule has 0 amide bonds. The lowest BCUT2D eigenvalue weighted by Crippen LogP contribution is -2.02. The molecule has 0 heterocycles. The number of carbonyl (C=O) groups is 1. The minimum atomic E-state index is 0.120. The van der Waals surface area contributed by atoms with Crippen LogP contribution in [0.15, 0.2) is 48.5 Å². The van der Waals surface area contributed by atoms with Crippen molar-refractivity contribution in [3.63, 3.8) is 0 Å². The fraction of sp³-hybridized carbons (Fsp3) is 0.222. The molecule has 4 heteroatoms. The van der Waals surface area contributed by atoms with E-state index in [0.29, 0.717) is 29.2 Å². The molecular formula is C18H16ClNO2. The second-order valence-corrected chi connectivity index (χ2v) is 5.31. The number of halogens is 1. The summed E-state index contributed by atoms with van der Waals surface area (Å²) < 4.78 is 5.57. The fourth-order valence-corrected chi connectivity index (χ4v) is 2.11. The van der Waals surface area contributed by atoms with Crippen molar-refractivity contribution in [1.82, 2.24) is 0 Å². The van der Waals surface area contributed by atoms with Crippen LogP contribution < -0.4 is 4.74 Å². The van der Waals surface area contributed by atoms with Crippen molar-refractivity contribution in [2.75, 3.05) is 6.61 Å². The Morgan fingerprint density at radius 1 is 1.05 bits per heavy atom. The van der Waals surface area contributed by atoms with Gasteiger partial charge in [-0.15, -0.1) is 0 Å². The average molecular weight is 314 g/mol. The van der Waals surface area contributed by atoms with Gasteiger partial charge in [0.05, 0.1) is 18.2 Å². The molecule has 0 aliphatic rings. The van der Waals surface area contributed by atoms with Crippen LogP contribution in [0.1, 0.15) is 35.2 Å². The first-order chi connectivity index (χ1) is 10.7. The number of nitrogens with zero attached hydrogens (tertiary/aromatic N) is 1. The van der Waals surface area contributed by atoms with Crippen LogP contribution in [0.3, 0.4) is 0 Å². The first-order valence-corrected chi connectivity index (χ1v) is 7.48. The maximum absolute atomic E-state index is 11.9. The second kappa shape index (κ2) is 8.21. The Morgan fingerprint density at radius 3 is 2.36 bits per heavy atom. The summed E-state index contributed by atoms with van der Waals surface area (Å²) in [7, 11) is 0. The normalized spacial score (nSPS) is 10.0. The number of unbranched alkanes of at least 4 members (excludes halogenated alkanes) is 1. The van der Waals surface area contributed by atoms with Crippen LogP contribution in [-0.4, -0.2) is 12.4 Å². The molecule has 0 N–H and O–H groups in total. The van der Waals surface area contributed by atoms with Crippen LogP contribution in [-0.2, 0) is 0 Å².